The highest BCUT2D eigenvalue weighted by atomic mass is 16.5. The number of hydrogen-bond donors (Lipinski definition) is 1. The number of hydrogen-bond acceptors (Lipinski definition) is 4. The Labute approximate surface area is 91.1 Å². The van der Waals surface area contributed by atoms with E-state index in [4.69, 9.17) is 4.74 Å². The van der Waals surface area contributed by atoms with Crippen molar-refractivity contribution in [1.82, 2.24) is 9.97 Å². The fourth-order valence-corrected chi connectivity index (χ4v) is 1.17. The predicted octanol–water partition coefficient (Wildman–Crippen LogP) is 2.01. The SMILES string of the molecule is CCCCOCCNc1nccnc1C. The fraction of sp³-hybridized carbons (Fsp3) is 0.636. The zero-order chi connectivity index (χ0) is 10.9. The van der Waals surface area contributed by atoms with Crippen LogP contribution in [0.2, 0.25) is 0 Å². The molecular formula is C11H19N3O. The summed E-state index contributed by atoms with van der Waals surface area (Å²) < 4.78 is 5.42. The molecule has 0 aliphatic rings. The minimum atomic E-state index is 0.718. The Bertz CT molecular complexity index is 278. The average molecular weight is 209 g/mol. The summed E-state index contributed by atoms with van der Waals surface area (Å²) in [4.78, 5) is 8.32. The minimum Gasteiger partial charge on any atom is -0.380 e. The Morgan fingerprint density at radius 1 is 1.27 bits per heavy atom. The molecule has 4 nitrogen and oxygen atoms in total. The Kier molecular flexibility index (Phi) is 5.70. The molecule has 0 saturated carbocycles. The maximum Gasteiger partial charge on any atom is 0.147 e. The summed E-state index contributed by atoms with van der Waals surface area (Å²) >= 11 is 0. The summed E-state index contributed by atoms with van der Waals surface area (Å²) in [5.41, 5.74) is 0.922. The molecule has 1 aromatic heterocycles. The third kappa shape index (κ3) is 4.74. The molecule has 1 aromatic rings. The Morgan fingerprint density at radius 3 is 2.80 bits per heavy atom. The molecule has 0 spiro atoms. The van der Waals surface area contributed by atoms with Gasteiger partial charge in [0.25, 0.3) is 0 Å². The third-order valence-electron chi connectivity index (χ3n) is 2.06. The Hall–Kier alpha value is -1.16. The standard InChI is InChI=1S/C11H19N3O/c1-3-4-8-15-9-7-14-11-10(2)12-5-6-13-11/h5-6H,3-4,7-9H2,1-2H3,(H,13,14). The van der Waals surface area contributed by atoms with E-state index in [2.05, 4.69) is 22.2 Å². The van der Waals surface area contributed by atoms with Crippen LogP contribution in [-0.4, -0.2) is 29.7 Å². The van der Waals surface area contributed by atoms with Crippen LogP contribution < -0.4 is 5.32 Å². The lowest BCUT2D eigenvalue weighted by Gasteiger charge is -2.07. The molecule has 0 bridgehead atoms. The van der Waals surface area contributed by atoms with Crippen molar-refractivity contribution < 1.29 is 4.74 Å². The van der Waals surface area contributed by atoms with Crippen LogP contribution in [0.4, 0.5) is 5.82 Å². The van der Waals surface area contributed by atoms with Gasteiger partial charge in [0, 0.05) is 25.5 Å². The summed E-state index contributed by atoms with van der Waals surface area (Å²) in [6, 6.07) is 0. The van der Waals surface area contributed by atoms with E-state index in [1.807, 2.05) is 6.92 Å². The average Bonchev–Trinajstić information content (AvgIpc) is 2.25. The molecule has 15 heavy (non-hydrogen) atoms. The van der Waals surface area contributed by atoms with Gasteiger partial charge in [-0.2, -0.15) is 0 Å². The zero-order valence-corrected chi connectivity index (χ0v) is 9.49. The first kappa shape index (κ1) is 11.9. The number of aryl methyl sites for hydroxylation is 1. The summed E-state index contributed by atoms with van der Waals surface area (Å²) in [5, 5.41) is 3.19. The summed E-state index contributed by atoms with van der Waals surface area (Å²) in [6.45, 7) is 6.44. The van der Waals surface area contributed by atoms with Gasteiger partial charge in [-0.3, -0.25) is 4.98 Å². The minimum absolute atomic E-state index is 0.718. The van der Waals surface area contributed by atoms with E-state index in [1.165, 1.54) is 6.42 Å². The van der Waals surface area contributed by atoms with Gasteiger partial charge in [0.05, 0.1) is 12.3 Å². The quantitative estimate of drug-likeness (QED) is 0.698. The lowest BCUT2D eigenvalue weighted by atomic mass is 10.4. The molecule has 84 valence electrons. The van der Waals surface area contributed by atoms with Crippen LogP contribution in [0.15, 0.2) is 12.4 Å². The fourth-order valence-electron chi connectivity index (χ4n) is 1.17. The van der Waals surface area contributed by atoms with Crippen LogP contribution in [-0.2, 0) is 4.74 Å². The van der Waals surface area contributed by atoms with E-state index in [1.54, 1.807) is 12.4 Å². The first-order valence-corrected chi connectivity index (χ1v) is 5.43. The smallest absolute Gasteiger partial charge is 0.147 e. The van der Waals surface area contributed by atoms with Gasteiger partial charge in [-0.15, -0.1) is 0 Å². The van der Waals surface area contributed by atoms with Gasteiger partial charge < -0.3 is 10.1 Å². The molecule has 0 amide bonds. The van der Waals surface area contributed by atoms with Crippen molar-refractivity contribution in [2.45, 2.75) is 26.7 Å². The largest absolute Gasteiger partial charge is 0.380 e. The molecule has 1 rings (SSSR count). The highest BCUT2D eigenvalue weighted by molar-refractivity contribution is 5.37. The van der Waals surface area contributed by atoms with Crippen molar-refractivity contribution in [2.75, 3.05) is 25.1 Å². The van der Waals surface area contributed by atoms with Crippen molar-refractivity contribution in [2.24, 2.45) is 0 Å². The van der Waals surface area contributed by atoms with Crippen LogP contribution in [0.25, 0.3) is 0 Å². The lowest BCUT2D eigenvalue weighted by molar-refractivity contribution is 0.141. The molecule has 4 heteroatoms. The number of aromatic nitrogens is 2. The van der Waals surface area contributed by atoms with Crippen LogP contribution in [0.1, 0.15) is 25.5 Å². The Balaban J connectivity index is 2.12. The number of nitrogens with zero attached hydrogens (tertiary/aromatic N) is 2. The number of nitrogens with one attached hydrogen (secondary N) is 1. The van der Waals surface area contributed by atoms with Gasteiger partial charge in [0.1, 0.15) is 5.82 Å². The summed E-state index contributed by atoms with van der Waals surface area (Å²) in [7, 11) is 0. The molecular weight excluding hydrogens is 190 g/mol. The summed E-state index contributed by atoms with van der Waals surface area (Å²) in [6.07, 6.45) is 5.69. The van der Waals surface area contributed by atoms with E-state index in [9.17, 15) is 0 Å². The molecule has 1 heterocycles. The van der Waals surface area contributed by atoms with Crippen LogP contribution in [0.5, 0.6) is 0 Å². The van der Waals surface area contributed by atoms with E-state index < -0.39 is 0 Å². The van der Waals surface area contributed by atoms with Gasteiger partial charge in [0.2, 0.25) is 0 Å². The number of ether oxygens (including phenoxy) is 1. The molecule has 0 aromatic carbocycles. The third-order valence-corrected chi connectivity index (χ3v) is 2.06. The molecule has 0 unspecified atom stereocenters. The van der Waals surface area contributed by atoms with Gasteiger partial charge in [0.15, 0.2) is 0 Å². The second kappa shape index (κ2) is 7.17. The highest BCUT2D eigenvalue weighted by Crippen LogP contribution is 2.04. The van der Waals surface area contributed by atoms with Crippen molar-refractivity contribution in [3.8, 4) is 0 Å². The van der Waals surface area contributed by atoms with Crippen LogP contribution in [0.3, 0.4) is 0 Å². The number of unbranched alkanes of at least 4 members (excludes halogenated alkanes) is 1. The first-order chi connectivity index (χ1) is 7.34. The van der Waals surface area contributed by atoms with Gasteiger partial charge in [-0.1, -0.05) is 13.3 Å². The molecule has 0 saturated heterocycles. The van der Waals surface area contributed by atoms with Crippen molar-refractivity contribution in [3.05, 3.63) is 18.1 Å². The monoisotopic (exact) mass is 209 g/mol. The van der Waals surface area contributed by atoms with Gasteiger partial charge in [-0.25, -0.2) is 4.98 Å². The van der Waals surface area contributed by atoms with Crippen molar-refractivity contribution >= 4 is 5.82 Å². The zero-order valence-electron chi connectivity index (χ0n) is 9.49. The van der Waals surface area contributed by atoms with E-state index in [0.29, 0.717) is 0 Å². The molecule has 0 radical (unpaired) electrons. The maximum absolute atomic E-state index is 5.42. The van der Waals surface area contributed by atoms with Crippen molar-refractivity contribution in [1.29, 1.82) is 0 Å². The molecule has 0 atom stereocenters. The number of anilines is 1. The highest BCUT2D eigenvalue weighted by Gasteiger charge is 1.97. The van der Waals surface area contributed by atoms with Crippen molar-refractivity contribution in [3.63, 3.8) is 0 Å². The van der Waals surface area contributed by atoms with E-state index >= 15 is 0 Å². The second-order valence-corrected chi connectivity index (χ2v) is 3.38. The second-order valence-electron chi connectivity index (χ2n) is 3.38. The topological polar surface area (TPSA) is 47.0 Å². The maximum atomic E-state index is 5.42. The normalized spacial score (nSPS) is 10.3. The van der Waals surface area contributed by atoms with E-state index in [0.717, 1.165) is 37.7 Å². The van der Waals surface area contributed by atoms with Gasteiger partial charge in [-0.05, 0) is 13.3 Å². The first-order valence-electron chi connectivity index (χ1n) is 5.43. The molecule has 0 aliphatic heterocycles. The molecule has 1 N–H and O–H groups in total. The molecule has 0 aliphatic carbocycles. The van der Waals surface area contributed by atoms with Crippen LogP contribution >= 0.6 is 0 Å². The number of rotatable bonds is 7. The Morgan fingerprint density at radius 2 is 2.07 bits per heavy atom. The predicted molar refractivity (Wildman–Crippen MR) is 61.0 cm³/mol. The van der Waals surface area contributed by atoms with Crippen LogP contribution in [0, 0.1) is 6.92 Å². The van der Waals surface area contributed by atoms with Gasteiger partial charge >= 0.3 is 0 Å². The lowest BCUT2D eigenvalue weighted by Crippen LogP contribution is -2.12. The summed E-state index contributed by atoms with van der Waals surface area (Å²) in [5.74, 6) is 0.844. The van der Waals surface area contributed by atoms with E-state index in [-0.39, 0.29) is 0 Å². The molecule has 0 fully saturated rings.